The monoisotopic (exact) mass is 360 g/mol. The molecule has 0 amide bonds. The van der Waals surface area contributed by atoms with Crippen molar-refractivity contribution < 1.29 is 26.2 Å². The Morgan fingerprint density at radius 1 is 0.762 bits per heavy atom. The fourth-order valence-corrected chi connectivity index (χ4v) is 2.39. The number of rotatable bonds is 6. The maximum absolute atomic E-state index is 2.23. The molecule has 114 valence electrons. The molecule has 0 aliphatic carbocycles. The van der Waals surface area contributed by atoms with Crippen molar-refractivity contribution in [2.45, 2.75) is 66.2 Å². The summed E-state index contributed by atoms with van der Waals surface area (Å²) in [5.41, 5.74) is 5.96. The molecule has 0 N–H and O–H groups in total. The molecule has 21 heavy (non-hydrogen) atoms. The number of unbranched alkanes of at least 4 members (excludes halogenated alkanes) is 2. The molecule has 2 aromatic rings. The minimum absolute atomic E-state index is 0. The zero-order valence-corrected chi connectivity index (χ0v) is 16.7. The van der Waals surface area contributed by atoms with Crippen LogP contribution in [-0.4, -0.2) is 0 Å². The van der Waals surface area contributed by atoms with E-state index in [0.29, 0.717) is 0 Å². The van der Waals surface area contributed by atoms with Crippen LogP contribution < -0.4 is 0 Å². The van der Waals surface area contributed by atoms with Gasteiger partial charge in [-0.05, 0) is 0 Å². The summed E-state index contributed by atoms with van der Waals surface area (Å²) in [6.07, 6.45) is 7.76. The van der Waals surface area contributed by atoms with Crippen LogP contribution in [0.2, 0.25) is 0 Å². The third kappa shape index (κ3) is 7.96. The molecule has 0 atom stereocenters. The second-order valence-corrected chi connectivity index (χ2v) is 5.68. The Balaban J connectivity index is 0.000000364. The van der Waals surface area contributed by atoms with Crippen LogP contribution in [0, 0.1) is 13.8 Å². The predicted octanol–water partition coefficient (Wildman–Crippen LogP) is 6.11. The Morgan fingerprint density at radius 3 is 1.38 bits per heavy atom. The van der Waals surface area contributed by atoms with Crippen LogP contribution >= 0.6 is 0 Å². The molecule has 2 aromatic carbocycles. The van der Waals surface area contributed by atoms with E-state index in [0.717, 1.165) is 0 Å². The number of hydrogen-bond acceptors (Lipinski definition) is 0. The van der Waals surface area contributed by atoms with Crippen molar-refractivity contribution in [3.63, 3.8) is 0 Å². The Bertz CT molecular complexity index is 417. The third-order valence-corrected chi connectivity index (χ3v) is 3.90. The average Bonchev–Trinajstić information content (AvgIpc) is 3.04. The van der Waals surface area contributed by atoms with Crippen LogP contribution in [0.5, 0.6) is 0 Å². The van der Waals surface area contributed by atoms with Crippen molar-refractivity contribution in [2.75, 3.05) is 0 Å². The summed E-state index contributed by atoms with van der Waals surface area (Å²) in [5, 5.41) is 0. The second kappa shape index (κ2) is 12.2. The molecule has 0 radical (unpaired) electrons. The van der Waals surface area contributed by atoms with Crippen LogP contribution in [0.3, 0.4) is 0 Å². The van der Waals surface area contributed by atoms with Crippen molar-refractivity contribution >= 4 is 0 Å². The van der Waals surface area contributed by atoms with Crippen LogP contribution in [0.15, 0.2) is 36.4 Å². The number of hydrogen-bond donors (Lipinski definition) is 0. The molecule has 0 aliphatic heterocycles. The quantitative estimate of drug-likeness (QED) is 0.544. The van der Waals surface area contributed by atoms with Crippen molar-refractivity contribution in [1.82, 2.24) is 0 Å². The fraction of sp³-hybridized carbons (Fsp3) is 0.500. The fourth-order valence-electron chi connectivity index (χ4n) is 2.39. The van der Waals surface area contributed by atoms with Gasteiger partial charge in [0.2, 0.25) is 0 Å². The van der Waals surface area contributed by atoms with Gasteiger partial charge in [0.05, 0.1) is 0 Å². The molecule has 0 nitrogen and oxygen atoms in total. The molecular weight excluding hydrogens is 331 g/mol. The molecule has 0 fully saturated rings. The molecule has 0 aliphatic rings. The van der Waals surface area contributed by atoms with Crippen molar-refractivity contribution in [1.29, 1.82) is 0 Å². The van der Waals surface area contributed by atoms with Gasteiger partial charge in [-0.3, -0.25) is 0 Å². The van der Waals surface area contributed by atoms with Crippen LogP contribution in [-0.2, 0) is 39.0 Å². The van der Waals surface area contributed by atoms with Gasteiger partial charge < -0.3 is 0 Å². The van der Waals surface area contributed by atoms with E-state index >= 15 is 0 Å². The van der Waals surface area contributed by atoms with Gasteiger partial charge in [0.15, 0.2) is 0 Å². The first-order valence-electron chi connectivity index (χ1n) is 8.11. The van der Waals surface area contributed by atoms with E-state index in [2.05, 4.69) is 64.1 Å². The normalized spacial score (nSPS) is 9.71. The average molecular weight is 362 g/mol. The van der Waals surface area contributed by atoms with E-state index in [1.807, 2.05) is 0 Å². The minimum Gasteiger partial charge on any atom is -0.213 e. The van der Waals surface area contributed by atoms with Gasteiger partial charge in [0, 0.05) is 0 Å². The van der Waals surface area contributed by atoms with Gasteiger partial charge in [0.25, 0.3) is 0 Å². The number of aryl methyl sites for hydroxylation is 4. The molecule has 0 heterocycles. The molecule has 0 saturated carbocycles. The van der Waals surface area contributed by atoms with E-state index < -0.39 is 0 Å². The Labute approximate surface area is 150 Å². The maximum atomic E-state index is 2.23. The van der Waals surface area contributed by atoms with E-state index in [1.54, 1.807) is 0 Å². The summed E-state index contributed by atoms with van der Waals surface area (Å²) in [6, 6.07) is 13.1. The van der Waals surface area contributed by atoms with Gasteiger partial charge >= 0.3 is 26.2 Å². The summed E-state index contributed by atoms with van der Waals surface area (Å²) in [6.45, 7) is 8.84. The smallest absolute Gasteiger partial charge is 0.213 e. The van der Waals surface area contributed by atoms with Crippen molar-refractivity contribution in [3.8, 4) is 0 Å². The van der Waals surface area contributed by atoms with Gasteiger partial charge in [-0.2, -0.15) is 34.4 Å². The van der Waals surface area contributed by atoms with Crippen LogP contribution in [0.4, 0.5) is 0 Å². The first-order chi connectivity index (χ1) is 9.69. The molecular formula is C20H30Zr. The molecule has 2 rings (SSSR count). The Morgan fingerprint density at radius 2 is 1.14 bits per heavy atom. The first-order valence-corrected chi connectivity index (χ1v) is 8.11. The second-order valence-electron chi connectivity index (χ2n) is 5.68. The van der Waals surface area contributed by atoms with E-state index in [9.17, 15) is 0 Å². The summed E-state index contributed by atoms with van der Waals surface area (Å²) >= 11 is 0. The third-order valence-electron chi connectivity index (χ3n) is 3.90. The van der Waals surface area contributed by atoms with E-state index in [1.165, 1.54) is 60.8 Å². The predicted molar refractivity (Wildman–Crippen MR) is 90.8 cm³/mol. The van der Waals surface area contributed by atoms with Crippen LogP contribution in [0.1, 0.15) is 61.8 Å². The largest absolute Gasteiger partial charge is 2.00 e. The molecule has 0 aromatic heterocycles. The summed E-state index contributed by atoms with van der Waals surface area (Å²) < 4.78 is 0. The molecule has 0 unspecified atom stereocenters. The summed E-state index contributed by atoms with van der Waals surface area (Å²) in [5.74, 6) is 0. The topological polar surface area (TPSA) is 0 Å². The summed E-state index contributed by atoms with van der Waals surface area (Å²) in [7, 11) is 0. The maximum Gasteiger partial charge on any atom is 2.00 e. The molecule has 0 bridgehead atoms. The standard InChI is InChI=1S/2C10H15.Zr/c2*1-3-4-7-10-8-5-6-9(10)2;/h2*5-6,8H,3-4,7H2,1-2H3;/q2*-1;+2. The van der Waals surface area contributed by atoms with Crippen LogP contribution in [0.25, 0.3) is 0 Å². The van der Waals surface area contributed by atoms with E-state index in [4.69, 9.17) is 0 Å². The zero-order valence-electron chi connectivity index (χ0n) is 14.2. The van der Waals surface area contributed by atoms with Gasteiger partial charge in [-0.1, -0.05) is 66.2 Å². The van der Waals surface area contributed by atoms with Gasteiger partial charge in [0.1, 0.15) is 0 Å². The molecule has 0 saturated heterocycles. The molecule has 0 spiro atoms. The van der Waals surface area contributed by atoms with Crippen molar-refractivity contribution in [3.05, 3.63) is 58.7 Å². The Hall–Kier alpha value is -0.417. The van der Waals surface area contributed by atoms with Gasteiger partial charge in [-0.15, -0.1) is 0 Å². The van der Waals surface area contributed by atoms with Gasteiger partial charge in [-0.25, -0.2) is 24.3 Å². The SMILES string of the molecule is CCCCc1ccc[c-]1C.CCCCc1ccc[c-]1C.[Zr+2]. The minimum atomic E-state index is 0. The Kier molecular flexibility index (Phi) is 11.9. The first kappa shape index (κ1) is 20.6. The zero-order chi connectivity index (χ0) is 14.8. The van der Waals surface area contributed by atoms with E-state index in [-0.39, 0.29) is 26.2 Å². The summed E-state index contributed by atoms with van der Waals surface area (Å²) in [4.78, 5) is 0. The molecule has 1 heteroatoms. The van der Waals surface area contributed by atoms with Crippen molar-refractivity contribution in [2.24, 2.45) is 0 Å².